The zero-order valence-electron chi connectivity index (χ0n) is 19.2. The molecule has 1 heterocycles. The maximum Gasteiger partial charge on any atom is 0.196 e. The first kappa shape index (κ1) is 26.2. The molecule has 1 aliphatic carbocycles. The van der Waals surface area contributed by atoms with Gasteiger partial charge in [-0.3, -0.25) is 0 Å². The van der Waals surface area contributed by atoms with Crippen molar-refractivity contribution in [1.29, 1.82) is 0 Å². The van der Waals surface area contributed by atoms with Crippen molar-refractivity contribution in [2.75, 3.05) is 20.3 Å². The summed E-state index contributed by atoms with van der Waals surface area (Å²) >= 11 is 0. The highest BCUT2D eigenvalue weighted by Gasteiger charge is 2.24. The van der Waals surface area contributed by atoms with Gasteiger partial charge in [0.15, 0.2) is 11.7 Å². The van der Waals surface area contributed by atoms with Crippen LogP contribution in [0.4, 0.5) is 8.78 Å². The monoisotopic (exact) mass is 424 g/mol. The number of halogens is 2. The number of hydrogen-bond donors (Lipinski definition) is 0. The lowest BCUT2D eigenvalue weighted by Crippen LogP contribution is -2.27. The molecule has 0 aromatic carbocycles. The van der Waals surface area contributed by atoms with Crippen LogP contribution in [0.1, 0.15) is 66.2 Å². The maximum atomic E-state index is 14.2. The van der Waals surface area contributed by atoms with Crippen molar-refractivity contribution in [3.8, 4) is 0 Å². The van der Waals surface area contributed by atoms with Crippen LogP contribution in [0.15, 0.2) is 59.1 Å². The van der Waals surface area contributed by atoms with E-state index in [1.54, 1.807) is 13.0 Å². The Morgan fingerprint density at radius 1 is 1.13 bits per heavy atom. The molecule has 0 bridgehead atoms. The van der Waals surface area contributed by atoms with Gasteiger partial charge >= 0.3 is 0 Å². The van der Waals surface area contributed by atoms with Gasteiger partial charge < -0.3 is 14.2 Å². The van der Waals surface area contributed by atoms with Crippen molar-refractivity contribution in [3.63, 3.8) is 0 Å². The fraction of sp³-hybridized carbons (Fsp3) is 0.600. The number of allylic oxidation sites excluding steroid dienone is 8. The summed E-state index contributed by atoms with van der Waals surface area (Å²) in [4.78, 5) is 0. The molecular weight excluding hydrogens is 386 g/mol. The third kappa shape index (κ3) is 8.10. The number of rotatable bonds is 8. The first-order chi connectivity index (χ1) is 14.4. The second-order valence-corrected chi connectivity index (χ2v) is 7.64. The first-order valence-corrected chi connectivity index (χ1v) is 11.0. The molecule has 0 spiro atoms. The molecule has 0 aromatic rings. The Kier molecular flexibility index (Phi) is 12.4. The van der Waals surface area contributed by atoms with E-state index in [9.17, 15) is 8.78 Å². The highest BCUT2D eigenvalue weighted by molar-refractivity contribution is 5.43. The minimum atomic E-state index is -0.891. The van der Waals surface area contributed by atoms with Crippen molar-refractivity contribution < 1.29 is 23.0 Å². The van der Waals surface area contributed by atoms with Gasteiger partial charge in [0.05, 0.1) is 32.2 Å². The molecule has 3 nitrogen and oxygen atoms in total. The molecule has 1 fully saturated rings. The largest absolute Gasteiger partial charge is 0.498 e. The lowest BCUT2D eigenvalue weighted by atomic mass is 9.95. The van der Waals surface area contributed by atoms with Gasteiger partial charge in [0.1, 0.15) is 5.76 Å². The molecule has 0 saturated carbocycles. The molecule has 0 aromatic heterocycles. The number of methoxy groups -OCH3 is 1. The zero-order chi connectivity index (χ0) is 22.5. The van der Waals surface area contributed by atoms with Gasteiger partial charge in [-0.1, -0.05) is 39.3 Å². The van der Waals surface area contributed by atoms with Crippen molar-refractivity contribution in [2.45, 2.75) is 72.3 Å². The smallest absolute Gasteiger partial charge is 0.196 e. The van der Waals surface area contributed by atoms with Crippen molar-refractivity contribution in [3.05, 3.63) is 59.1 Å². The lowest BCUT2D eigenvalue weighted by Gasteiger charge is -2.27. The third-order valence-corrected chi connectivity index (χ3v) is 5.07. The molecule has 2 atom stereocenters. The van der Waals surface area contributed by atoms with Crippen LogP contribution in [0, 0.1) is 5.92 Å². The Morgan fingerprint density at radius 2 is 1.83 bits per heavy atom. The summed E-state index contributed by atoms with van der Waals surface area (Å²) in [5, 5.41) is 0. The van der Waals surface area contributed by atoms with E-state index in [0.29, 0.717) is 43.1 Å². The zero-order valence-corrected chi connectivity index (χ0v) is 19.2. The second-order valence-electron chi connectivity index (χ2n) is 7.64. The molecule has 2 aliphatic rings. The second kappa shape index (κ2) is 14.2. The van der Waals surface area contributed by atoms with Crippen LogP contribution in [-0.4, -0.2) is 26.4 Å². The fourth-order valence-corrected chi connectivity index (χ4v) is 3.23. The van der Waals surface area contributed by atoms with Gasteiger partial charge in [0.2, 0.25) is 0 Å². The molecule has 0 N–H and O–H groups in total. The standard InChI is InChI=1S/C22H30F2O3.C3H8/c1-5-17(26-13-16-8-10-18(6-2)27-14-16)9-7-15(3)19-11-12-20(25-4)22(24)21(19)23;1-3-2/h6-7,9,16,18H,2,5,8,10-14H2,1,3-4H3;3H2,1-2H3/b15-7+,17-9+;. The number of ether oxygens (including phenoxy) is 3. The molecule has 30 heavy (non-hydrogen) atoms. The van der Waals surface area contributed by atoms with Gasteiger partial charge in [0.25, 0.3) is 0 Å². The minimum Gasteiger partial charge on any atom is -0.498 e. The van der Waals surface area contributed by atoms with Crippen LogP contribution in [-0.2, 0) is 14.2 Å². The van der Waals surface area contributed by atoms with Gasteiger partial charge in [-0.25, -0.2) is 8.78 Å². The van der Waals surface area contributed by atoms with Crippen molar-refractivity contribution >= 4 is 0 Å². The minimum absolute atomic E-state index is 0.0746. The fourth-order valence-electron chi connectivity index (χ4n) is 3.23. The Bertz CT molecular complexity index is 666. The van der Waals surface area contributed by atoms with Gasteiger partial charge in [-0.05, 0) is 43.4 Å². The van der Waals surface area contributed by atoms with Gasteiger partial charge in [0, 0.05) is 18.8 Å². The average molecular weight is 425 g/mol. The Hall–Kier alpha value is -1.88. The maximum absolute atomic E-state index is 14.2. The topological polar surface area (TPSA) is 27.7 Å². The van der Waals surface area contributed by atoms with E-state index >= 15 is 0 Å². The predicted molar refractivity (Wildman–Crippen MR) is 119 cm³/mol. The van der Waals surface area contributed by atoms with E-state index in [1.807, 2.05) is 19.1 Å². The highest BCUT2D eigenvalue weighted by atomic mass is 19.2. The van der Waals surface area contributed by atoms with E-state index in [1.165, 1.54) is 13.5 Å². The van der Waals surface area contributed by atoms with E-state index in [4.69, 9.17) is 14.2 Å². The van der Waals surface area contributed by atoms with Crippen LogP contribution in [0.2, 0.25) is 0 Å². The molecule has 0 amide bonds. The van der Waals surface area contributed by atoms with Crippen LogP contribution >= 0.6 is 0 Å². The van der Waals surface area contributed by atoms with Crippen LogP contribution < -0.4 is 0 Å². The van der Waals surface area contributed by atoms with E-state index in [2.05, 4.69) is 20.4 Å². The summed E-state index contributed by atoms with van der Waals surface area (Å²) in [6, 6.07) is 0. The van der Waals surface area contributed by atoms with Crippen LogP contribution in [0.3, 0.4) is 0 Å². The molecule has 1 aliphatic heterocycles. The lowest BCUT2D eigenvalue weighted by molar-refractivity contribution is -0.0124. The molecule has 1 saturated heterocycles. The summed E-state index contributed by atoms with van der Waals surface area (Å²) in [6.45, 7) is 13.1. The predicted octanol–water partition coefficient (Wildman–Crippen LogP) is 7.49. The Balaban J connectivity index is 0.00000141. The van der Waals surface area contributed by atoms with Gasteiger partial charge in [-0.15, -0.1) is 6.58 Å². The summed E-state index contributed by atoms with van der Waals surface area (Å²) in [5.41, 5.74) is 1.08. The average Bonchev–Trinajstić information content (AvgIpc) is 2.76. The molecule has 2 rings (SSSR count). The first-order valence-electron chi connectivity index (χ1n) is 11.0. The highest BCUT2D eigenvalue weighted by Crippen LogP contribution is 2.35. The van der Waals surface area contributed by atoms with Crippen LogP contribution in [0.25, 0.3) is 0 Å². The SMILES string of the molecule is C=CC1CCC(CO/C(=C/C=C(\C)C2=C(F)C(F)=C(OC)CC2)CC)CO1.CCC. The molecule has 170 valence electrons. The molecule has 0 radical (unpaired) electrons. The normalized spacial score (nSPS) is 23.0. The summed E-state index contributed by atoms with van der Waals surface area (Å²) in [5.74, 6) is -0.449. The van der Waals surface area contributed by atoms with Crippen molar-refractivity contribution in [2.24, 2.45) is 5.92 Å². The van der Waals surface area contributed by atoms with Crippen LogP contribution in [0.5, 0.6) is 0 Å². The van der Waals surface area contributed by atoms with E-state index in [0.717, 1.165) is 25.0 Å². The summed E-state index contributed by atoms with van der Waals surface area (Å²) in [7, 11) is 1.36. The molecule has 5 heteroatoms. The molecule has 2 unspecified atom stereocenters. The van der Waals surface area contributed by atoms with Crippen molar-refractivity contribution in [1.82, 2.24) is 0 Å². The Labute approximate surface area is 181 Å². The van der Waals surface area contributed by atoms with Gasteiger partial charge in [-0.2, -0.15) is 0 Å². The van der Waals surface area contributed by atoms with E-state index < -0.39 is 11.7 Å². The third-order valence-electron chi connectivity index (χ3n) is 5.07. The number of hydrogen-bond acceptors (Lipinski definition) is 3. The summed E-state index contributed by atoms with van der Waals surface area (Å²) < 4.78 is 44.7. The van der Waals surface area contributed by atoms with E-state index in [-0.39, 0.29) is 11.9 Å². The Morgan fingerprint density at radius 3 is 2.37 bits per heavy atom. The summed E-state index contributed by atoms with van der Waals surface area (Å²) in [6.07, 6.45) is 10.4. The molecular formula is C25H38F2O3. The quantitative estimate of drug-likeness (QED) is 0.229.